The monoisotopic (exact) mass is 229 g/mol. The highest BCUT2D eigenvalue weighted by Crippen LogP contribution is 2.26. The molecule has 4 heteroatoms. The lowest BCUT2D eigenvalue weighted by atomic mass is 10.2. The minimum absolute atomic E-state index is 0.641. The number of H-pyrrole nitrogens is 1. The van der Waals surface area contributed by atoms with Crippen LogP contribution in [0.4, 0.5) is 5.69 Å². The quantitative estimate of drug-likeness (QED) is 0.765. The lowest BCUT2D eigenvalue weighted by Gasteiger charge is -2.29. The molecular formula is C13H15N3O. The molecular weight excluding hydrogens is 214 g/mol. The van der Waals surface area contributed by atoms with Crippen molar-refractivity contribution in [1.29, 1.82) is 0 Å². The minimum atomic E-state index is 0.641. The third-order valence-corrected chi connectivity index (χ3v) is 3.24. The molecule has 0 spiro atoms. The number of carbonyl (C=O) groups is 1. The van der Waals surface area contributed by atoms with E-state index in [0.29, 0.717) is 5.69 Å². The number of hydrogen-bond donors (Lipinski definition) is 2. The predicted molar refractivity (Wildman–Crippen MR) is 68.8 cm³/mol. The summed E-state index contributed by atoms with van der Waals surface area (Å²) in [5.41, 5.74) is 2.90. The van der Waals surface area contributed by atoms with Gasteiger partial charge in [-0.1, -0.05) is 12.1 Å². The Bertz CT molecular complexity index is 541. The Kier molecular flexibility index (Phi) is 2.57. The van der Waals surface area contributed by atoms with E-state index in [1.165, 1.54) is 5.69 Å². The van der Waals surface area contributed by atoms with Gasteiger partial charge in [0.2, 0.25) is 0 Å². The summed E-state index contributed by atoms with van der Waals surface area (Å²) in [5, 5.41) is 4.44. The van der Waals surface area contributed by atoms with Crippen molar-refractivity contribution in [3.63, 3.8) is 0 Å². The number of aromatic amines is 1. The molecule has 1 saturated heterocycles. The van der Waals surface area contributed by atoms with Crippen LogP contribution in [0.5, 0.6) is 0 Å². The van der Waals surface area contributed by atoms with Gasteiger partial charge in [-0.05, 0) is 12.1 Å². The molecule has 88 valence electrons. The highest BCUT2D eigenvalue weighted by atomic mass is 16.1. The fraction of sp³-hybridized carbons (Fsp3) is 0.308. The van der Waals surface area contributed by atoms with Crippen LogP contribution in [0, 0.1) is 0 Å². The maximum absolute atomic E-state index is 10.8. The van der Waals surface area contributed by atoms with E-state index in [1.54, 1.807) is 0 Å². The summed E-state index contributed by atoms with van der Waals surface area (Å²) in [6.45, 7) is 4.04. The van der Waals surface area contributed by atoms with Gasteiger partial charge in [0.05, 0.1) is 16.9 Å². The van der Waals surface area contributed by atoms with E-state index in [-0.39, 0.29) is 0 Å². The van der Waals surface area contributed by atoms with Crippen LogP contribution < -0.4 is 10.2 Å². The van der Waals surface area contributed by atoms with Gasteiger partial charge >= 0.3 is 0 Å². The normalized spacial score (nSPS) is 16.4. The molecule has 0 saturated carbocycles. The number of nitrogens with one attached hydrogen (secondary N) is 2. The van der Waals surface area contributed by atoms with Crippen molar-refractivity contribution in [2.75, 3.05) is 31.1 Å². The van der Waals surface area contributed by atoms with Crippen LogP contribution in [0.2, 0.25) is 0 Å². The van der Waals surface area contributed by atoms with Gasteiger partial charge in [-0.15, -0.1) is 0 Å². The number of fused-ring (bicyclic) bond motifs is 1. The number of carbonyl (C=O) groups excluding carboxylic acids is 1. The van der Waals surface area contributed by atoms with Gasteiger partial charge < -0.3 is 15.2 Å². The van der Waals surface area contributed by atoms with Gasteiger partial charge in [0.25, 0.3) is 0 Å². The van der Waals surface area contributed by atoms with E-state index in [4.69, 9.17) is 0 Å². The van der Waals surface area contributed by atoms with E-state index in [0.717, 1.165) is 43.4 Å². The number of para-hydroxylation sites is 1. The summed E-state index contributed by atoms with van der Waals surface area (Å²) in [7, 11) is 0. The molecule has 4 nitrogen and oxygen atoms in total. The van der Waals surface area contributed by atoms with Gasteiger partial charge in [-0.25, -0.2) is 0 Å². The maximum Gasteiger partial charge on any atom is 0.166 e. The molecule has 1 fully saturated rings. The summed E-state index contributed by atoms with van der Waals surface area (Å²) in [5.74, 6) is 0. The van der Waals surface area contributed by atoms with Crippen molar-refractivity contribution in [2.45, 2.75) is 0 Å². The van der Waals surface area contributed by atoms with Crippen LogP contribution >= 0.6 is 0 Å². The Morgan fingerprint density at radius 3 is 2.82 bits per heavy atom. The SMILES string of the molecule is O=Cc1cc2cccc(N3CCNCC3)c2[nH]1. The zero-order valence-corrected chi connectivity index (χ0v) is 9.57. The van der Waals surface area contributed by atoms with E-state index in [9.17, 15) is 4.79 Å². The summed E-state index contributed by atoms with van der Waals surface area (Å²) < 4.78 is 0. The largest absolute Gasteiger partial charge is 0.367 e. The van der Waals surface area contributed by atoms with Gasteiger partial charge in [0, 0.05) is 31.6 Å². The maximum atomic E-state index is 10.8. The standard InChI is InChI=1S/C13H15N3O/c17-9-11-8-10-2-1-3-12(13(10)15-11)16-6-4-14-5-7-16/h1-3,8-9,14-15H,4-7H2. The van der Waals surface area contributed by atoms with E-state index >= 15 is 0 Å². The average Bonchev–Trinajstić information content (AvgIpc) is 2.82. The number of nitrogens with zero attached hydrogens (tertiary/aromatic N) is 1. The fourth-order valence-electron chi connectivity index (χ4n) is 2.39. The second kappa shape index (κ2) is 4.22. The van der Waals surface area contributed by atoms with E-state index in [2.05, 4.69) is 21.3 Å². The van der Waals surface area contributed by atoms with E-state index in [1.807, 2.05) is 18.2 Å². The molecule has 1 aromatic heterocycles. The van der Waals surface area contributed by atoms with Gasteiger partial charge in [0.1, 0.15) is 0 Å². The smallest absolute Gasteiger partial charge is 0.166 e. The first kappa shape index (κ1) is 10.4. The molecule has 3 rings (SSSR count). The highest BCUT2D eigenvalue weighted by Gasteiger charge is 2.14. The molecule has 0 aliphatic carbocycles. The highest BCUT2D eigenvalue weighted by molar-refractivity contribution is 5.95. The topological polar surface area (TPSA) is 48.1 Å². The number of benzene rings is 1. The zero-order chi connectivity index (χ0) is 11.7. The molecule has 1 aliphatic heterocycles. The Morgan fingerprint density at radius 1 is 1.24 bits per heavy atom. The van der Waals surface area contributed by atoms with Crippen molar-refractivity contribution in [3.8, 4) is 0 Å². The van der Waals surface area contributed by atoms with E-state index < -0.39 is 0 Å². The fourth-order valence-corrected chi connectivity index (χ4v) is 2.39. The molecule has 1 aliphatic rings. The Hall–Kier alpha value is -1.81. The van der Waals surface area contributed by atoms with Crippen LogP contribution in [0.3, 0.4) is 0 Å². The lowest BCUT2D eigenvalue weighted by molar-refractivity contribution is 0.112. The van der Waals surface area contributed by atoms with Gasteiger partial charge in [-0.3, -0.25) is 4.79 Å². The van der Waals surface area contributed by atoms with Crippen molar-refractivity contribution in [3.05, 3.63) is 30.0 Å². The number of anilines is 1. The van der Waals surface area contributed by atoms with Crippen molar-refractivity contribution < 1.29 is 4.79 Å². The number of aldehydes is 1. The summed E-state index contributed by atoms with van der Waals surface area (Å²) in [6.07, 6.45) is 0.863. The van der Waals surface area contributed by atoms with Crippen LogP contribution in [-0.2, 0) is 0 Å². The summed E-state index contributed by atoms with van der Waals surface area (Å²) in [4.78, 5) is 16.3. The Morgan fingerprint density at radius 2 is 2.06 bits per heavy atom. The number of aromatic nitrogens is 1. The third-order valence-electron chi connectivity index (χ3n) is 3.24. The molecule has 2 heterocycles. The molecule has 0 bridgehead atoms. The van der Waals surface area contributed by atoms with Crippen LogP contribution in [0.1, 0.15) is 10.5 Å². The first-order chi connectivity index (χ1) is 8.38. The molecule has 2 aromatic rings. The molecule has 17 heavy (non-hydrogen) atoms. The number of piperazine rings is 1. The van der Waals surface area contributed by atoms with Gasteiger partial charge in [0.15, 0.2) is 6.29 Å². The van der Waals surface area contributed by atoms with Crippen molar-refractivity contribution in [1.82, 2.24) is 10.3 Å². The Balaban J connectivity index is 2.08. The third kappa shape index (κ3) is 1.80. The van der Waals surface area contributed by atoms with Gasteiger partial charge in [-0.2, -0.15) is 0 Å². The molecule has 0 unspecified atom stereocenters. The Labute approximate surface area is 99.6 Å². The first-order valence-corrected chi connectivity index (χ1v) is 5.91. The molecule has 0 atom stereocenters. The second-order valence-electron chi connectivity index (χ2n) is 4.32. The number of rotatable bonds is 2. The van der Waals surface area contributed by atoms with Crippen molar-refractivity contribution in [2.24, 2.45) is 0 Å². The van der Waals surface area contributed by atoms with Crippen LogP contribution in [0.25, 0.3) is 10.9 Å². The average molecular weight is 229 g/mol. The summed E-state index contributed by atoms with van der Waals surface area (Å²) in [6, 6.07) is 8.08. The minimum Gasteiger partial charge on any atom is -0.367 e. The molecule has 0 amide bonds. The molecule has 0 radical (unpaired) electrons. The zero-order valence-electron chi connectivity index (χ0n) is 9.57. The van der Waals surface area contributed by atoms with Crippen LogP contribution in [0.15, 0.2) is 24.3 Å². The van der Waals surface area contributed by atoms with Crippen molar-refractivity contribution >= 4 is 22.9 Å². The lowest BCUT2D eigenvalue weighted by Crippen LogP contribution is -2.43. The second-order valence-corrected chi connectivity index (χ2v) is 4.32. The number of hydrogen-bond acceptors (Lipinski definition) is 3. The first-order valence-electron chi connectivity index (χ1n) is 5.91. The predicted octanol–water partition coefficient (Wildman–Crippen LogP) is 1.39. The molecule has 1 aromatic carbocycles. The molecule has 2 N–H and O–H groups in total. The summed E-state index contributed by atoms with van der Waals surface area (Å²) >= 11 is 0. The van der Waals surface area contributed by atoms with Crippen LogP contribution in [-0.4, -0.2) is 37.4 Å².